The van der Waals surface area contributed by atoms with E-state index in [0.29, 0.717) is 18.3 Å². The molecule has 0 unspecified atom stereocenters. The lowest BCUT2D eigenvalue weighted by atomic mass is 9.61. The van der Waals surface area contributed by atoms with Crippen molar-refractivity contribution in [3.63, 3.8) is 0 Å². The lowest BCUT2D eigenvalue weighted by Gasteiger charge is -2.32. The Kier molecular flexibility index (Phi) is 9.74. The quantitative estimate of drug-likeness (QED) is 0.150. The van der Waals surface area contributed by atoms with Crippen molar-refractivity contribution in [2.45, 2.75) is 86.0 Å². The molecule has 0 radical (unpaired) electrons. The second kappa shape index (κ2) is 14.7. The minimum absolute atomic E-state index is 0.115. The Labute approximate surface area is 333 Å². The predicted molar refractivity (Wildman–Crippen MR) is 236 cm³/mol. The first-order valence-corrected chi connectivity index (χ1v) is 20.1. The first-order valence-electron chi connectivity index (χ1n) is 20.1. The molecule has 282 valence electrons. The molecular weight excluding hydrogens is 683 g/mol. The number of rotatable bonds is 9. The summed E-state index contributed by atoms with van der Waals surface area (Å²) in [4.78, 5) is 19.4. The third-order valence-electron chi connectivity index (χ3n) is 11.2. The van der Waals surface area contributed by atoms with Crippen molar-refractivity contribution >= 4 is 35.3 Å². The first-order chi connectivity index (χ1) is 26.9. The Bertz CT molecular complexity index is 2440. The van der Waals surface area contributed by atoms with Crippen LogP contribution in [0.3, 0.4) is 0 Å². The van der Waals surface area contributed by atoms with Crippen molar-refractivity contribution in [3.05, 3.63) is 167 Å². The van der Waals surface area contributed by atoms with Crippen LogP contribution in [0.4, 0.5) is 22.9 Å². The number of imidazole rings is 1. The van der Waals surface area contributed by atoms with Crippen LogP contribution in [-0.4, -0.2) is 26.5 Å². The molecule has 1 aliphatic rings. The second-order valence-electron chi connectivity index (χ2n) is 17.0. The van der Waals surface area contributed by atoms with Gasteiger partial charge in [-0.05, 0) is 102 Å². The van der Waals surface area contributed by atoms with E-state index in [-0.39, 0.29) is 12.4 Å². The number of nitrogens with zero attached hydrogens (tertiary/aromatic N) is 5. The van der Waals surface area contributed by atoms with Gasteiger partial charge in [-0.3, -0.25) is 4.57 Å². The molecule has 56 heavy (non-hydrogen) atoms. The SMILES string of the molecule is Cc1cccc(C)c1B1N(c2ccccc2)c2ccccc2N1c1cc(C(C)(C)C)cc(Cc2cn(-c3c(C(C)C)cccc3C(C)C)c(-c3ccc[nH]3)n2)n1. The minimum Gasteiger partial charge on any atom is -0.360 e. The second-order valence-corrected chi connectivity index (χ2v) is 17.0. The molecule has 3 aromatic heterocycles. The fourth-order valence-electron chi connectivity index (χ4n) is 8.40. The maximum Gasteiger partial charge on any atom is 0.422 e. The standard InChI is InChI=1S/C49H53BN6/c1-32(2)40-22-16-23-41(33(3)4)47(40)54-31-38(53-48(54)42-24-17-27-51-42)30-37-28-36(49(7,8)9)29-45(52-37)56-44-26-14-13-25-43(44)55(39-20-11-10-12-21-39)50(56)46-34(5)18-15-19-35(46)6/h10-29,31-33,51H,30H2,1-9H3. The molecular formula is C49H53BN6. The number of hydrogen-bond donors (Lipinski definition) is 1. The average molecular weight is 737 g/mol. The van der Waals surface area contributed by atoms with Crippen molar-refractivity contribution in [2.24, 2.45) is 0 Å². The van der Waals surface area contributed by atoms with Crippen molar-refractivity contribution in [3.8, 4) is 17.2 Å². The molecule has 0 spiro atoms. The zero-order valence-corrected chi connectivity index (χ0v) is 34.3. The van der Waals surface area contributed by atoms with Crippen molar-refractivity contribution in [2.75, 3.05) is 9.62 Å². The third kappa shape index (κ3) is 6.74. The molecule has 7 heteroatoms. The van der Waals surface area contributed by atoms with E-state index >= 15 is 0 Å². The van der Waals surface area contributed by atoms with Gasteiger partial charge in [-0.1, -0.05) is 126 Å². The van der Waals surface area contributed by atoms with Gasteiger partial charge in [0.2, 0.25) is 0 Å². The Morgan fingerprint density at radius 2 is 1.29 bits per heavy atom. The summed E-state index contributed by atoms with van der Waals surface area (Å²) in [6.45, 7) is 20.3. The van der Waals surface area contributed by atoms with Crippen LogP contribution in [0.2, 0.25) is 0 Å². The molecule has 1 aliphatic heterocycles. The van der Waals surface area contributed by atoms with Crippen molar-refractivity contribution in [1.82, 2.24) is 19.5 Å². The van der Waals surface area contributed by atoms with Gasteiger partial charge in [0.1, 0.15) is 5.82 Å². The van der Waals surface area contributed by atoms with E-state index in [4.69, 9.17) is 9.97 Å². The lowest BCUT2D eigenvalue weighted by molar-refractivity contribution is 0.588. The molecule has 0 bridgehead atoms. The van der Waals surface area contributed by atoms with Gasteiger partial charge in [-0.25, -0.2) is 9.97 Å². The summed E-state index contributed by atoms with van der Waals surface area (Å²) in [6, 6.07) is 41.7. The van der Waals surface area contributed by atoms with E-state index in [9.17, 15) is 0 Å². The topological polar surface area (TPSA) is 53.0 Å². The van der Waals surface area contributed by atoms with Gasteiger partial charge in [0.05, 0.1) is 28.5 Å². The number of fused-ring (bicyclic) bond motifs is 1. The van der Waals surface area contributed by atoms with Crippen molar-refractivity contribution in [1.29, 1.82) is 0 Å². The Hall–Kier alpha value is -5.82. The summed E-state index contributed by atoms with van der Waals surface area (Å²) in [5, 5.41) is 0. The zero-order chi connectivity index (χ0) is 39.3. The minimum atomic E-state index is -0.146. The van der Waals surface area contributed by atoms with E-state index in [1.54, 1.807) is 0 Å². The lowest BCUT2D eigenvalue weighted by Crippen LogP contribution is -2.55. The highest BCUT2D eigenvalue weighted by atomic mass is 15.3. The molecule has 4 aromatic carbocycles. The molecule has 0 fully saturated rings. The van der Waals surface area contributed by atoms with Gasteiger partial charge >= 0.3 is 6.98 Å². The normalized spacial score (nSPS) is 13.0. The van der Waals surface area contributed by atoms with E-state index in [1.807, 2.05) is 12.3 Å². The van der Waals surface area contributed by atoms with E-state index in [1.165, 1.54) is 39.0 Å². The largest absolute Gasteiger partial charge is 0.422 e. The number of aromatic nitrogens is 4. The average Bonchev–Trinajstić information content (AvgIpc) is 3.92. The highest BCUT2D eigenvalue weighted by Gasteiger charge is 2.45. The van der Waals surface area contributed by atoms with Gasteiger partial charge in [-0.15, -0.1) is 0 Å². The monoisotopic (exact) mass is 736 g/mol. The van der Waals surface area contributed by atoms with Crippen LogP contribution >= 0.6 is 0 Å². The number of benzene rings is 4. The van der Waals surface area contributed by atoms with Crippen molar-refractivity contribution < 1.29 is 0 Å². The number of nitrogens with one attached hydrogen (secondary N) is 1. The molecule has 7 aromatic rings. The molecule has 0 amide bonds. The Balaban J connectivity index is 1.32. The van der Waals surface area contributed by atoms with Crippen LogP contribution < -0.4 is 15.1 Å². The summed E-state index contributed by atoms with van der Waals surface area (Å²) in [7, 11) is 0. The molecule has 0 atom stereocenters. The Morgan fingerprint density at radius 3 is 1.89 bits per heavy atom. The van der Waals surface area contributed by atoms with Crippen LogP contribution in [0.1, 0.15) is 99.5 Å². The number of para-hydroxylation sites is 4. The predicted octanol–water partition coefficient (Wildman–Crippen LogP) is 11.7. The summed E-state index contributed by atoms with van der Waals surface area (Å²) >= 11 is 0. The summed E-state index contributed by atoms with van der Waals surface area (Å²) < 4.78 is 2.33. The van der Waals surface area contributed by atoms with Gasteiger partial charge < -0.3 is 14.6 Å². The molecule has 4 heterocycles. The van der Waals surface area contributed by atoms with Gasteiger partial charge in [0.25, 0.3) is 0 Å². The zero-order valence-electron chi connectivity index (χ0n) is 34.3. The van der Waals surface area contributed by atoms with Crippen LogP contribution in [0.5, 0.6) is 0 Å². The van der Waals surface area contributed by atoms with E-state index in [2.05, 4.69) is 197 Å². The molecule has 0 saturated carbocycles. The van der Waals surface area contributed by atoms with Gasteiger partial charge in [0, 0.05) is 30.2 Å². The highest BCUT2D eigenvalue weighted by molar-refractivity contribution is 6.85. The molecule has 8 rings (SSSR count). The summed E-state index contributed by atoms with van der Waals surface area (Å²) in [5.74, 6) is 2.54. The summed E-state index contributed by atoms with van der Waals surface area (Å²) in [6.07, 6.45) is 4.81. The van der Waals surface area contributed by atoms with E-state index < -0.39 is 0 Å². The van der Waals surface area contributed by atoms with Crippen LogP contribution in [-0.2, 0) is 11.8 Å². The fourth-order valence-corrected chi connectivity index (χ4v) is 8.40. The number of hydrogen-bond acceptors (Lipinski definition) is 4. The molecule has 0 saturated heterocycles. The highest BCUT2D eigenvalue weighted by Crippen LogP contribution is 2.46. The number of aryl methyl sites for hydroxylation is 2. The number of aromatic amines is 1. The maximum absolute atomic E-state index is 5.59. The number of pyridine rings is 1. The molecule has 0 aliphatic carbocycles. The first kappa shape index (κ1) is 37.1. The molecule has 1 N–H and O–H groups in total. The molecule has 6 nitrogen and oxygen atoms in total. The van der Waals surface area contributed by atoms with Crippen LogP contribution in [0.25, 0.3) is 17.2 Å². The van der Waals surface area contributed by atoms with Gasteiger partial charge in [0.15, 0.2) is 5.82 Å². The van der Waals surface area contributed by atoms with Crippen LogP contribution in [0.15, 0.2) is 128 Å². The number of anilines is 4. The smallest absolute Gasteiger partial charge is 0.360 e. The fraction of sp³-hybridized carbons (Fsp3) is 0.265. The van der Waals surface area contributed by atoms with Crippen LogP contribution in [0, 0.1) is 13.8 Å². The third-order valence-corrected chi connectivity index (χ3v) is 11.2. The maximum atomic E-state index is 5.59. The Morgan fingerprint density at radius 1 is 0.661 bits per heavy atom. The number of H-pyrrole nitrogens is 1. The summed E-state index contributed by atoms with van der Waals surface area (Å²) in [5.41, 5.74) is 15.2. The van der Waals surface area contributed by atoms with Gasteiger partial charge in [-0.2, -0.15) is 0 Å². The van der Waals surface area contributed by atoms with E-state index in [0.717, 1.165) is 45.8 Å².